The topological polar surface area (TPSA) is 16.4 Å². The number of para-hydroxylation sites is 1. The summed E-state index contributed by atoms with van der Waals surface area (Å²) in [5.41, 5.74) is 12.2. The van der Waals surface area contributed by atoms with E-state index in [1.54, 1.807) is 0 Å². The summed E-state index contributed by atoms with van der Waals surface area (Å²) in [7, 11) is 0. The molecule has 0 N–H and O–H groups in total. The predicted octanol–water partition coefficient (Wildman–Crippen LogP) is 15.6. The highest BCUT2D eigenvalue weighted by Crippen LogP contribution is 2.42. The lowest BCUT2D eigenvalue weighted by Gasteiger charge is -2.26. The molecule has 11 aromatic rings. The molecule has 0 spiro atoms. The fourth-order valence-corrected chi connectivity index (χ4v) is 9.32. The monoisotopic (exact) mass is 719 g/mol. The van der Waals surface area contributed by atoms with E-state index in [1.807, 2.05) is 23.5 Å². The van der Waals surface area contributed by atoms with Crippen LogP contribution in [0.5, 0.6) is 0 Å². The Morgan fingerprint density at radius 2 is 0.927 bits per heavy atom. The van der Waals surface area contributed by atoms with Crippen molar-refractivity contribution in [1.82, 2.24) is 0 Å². The second kappa shape index (κ2) is 12.9. The van der Waals surface area contributed by atoms with Crippen molar-refractivity contribution in [2.45, 2.75) is 0 Å². The fraction of sp³-hybridized carbons (Fsp3) is 0. The Morgan fingerprint density at radius 3 is 1.84 bits per heavy atom. The van der Waals surface area contributed by atoms with E-state index in [4.69, 9.17) is 4.42 Å². The molecule has 11 rings (SSSR count). The van der Waals surface area contributed by atoms with Crippen molar-refractivity contribution in [3.63, 3.8) is 0 Å². The van der Waals surface area contributed by atoms with Crippen LogP contribution in [-0.2, 0) is 0 Å². The molecule has 0 bridgehead atoms. The van der Waals surface area contributed by atoms with Gasteiger partial charge in [0.25, 0.3) is 0 Å². The van der Waals surface area contributed by atoms with E-state index < -0.39 is 0 Å². The molecule has 0 fully saturated rings. The molecule has 0 aliphatic heterocycles. The number of anilines is 3. The minimum Gasteiger partial charge on any atom is -0.456 e. The zero-order valence-corrected chi connectivity index (χ0v) is 30.6. The van der Waals surface area contributed by atoms with E-state index in [0.717, 1.165) is 50.1 Å². The number of furan rings is 1. The van der Waals surface area contributed by atoms with Crippen LogP contribution in [0, 0.1) is 0 Å². The van der Waals surface area contributed by atoms with Crippen molar-refractivity contribution in [2.75, 3.05) is 4.90 Å². The van der Waals surface area contributed by atoms with Gasteiger partial charge in [-0.2, -0.15) is 0 Å². The summed E-state index contributed by atoms with van der Waals surface area (Å²) in [4.78, 5) is 2.38. The molecule has 55 heavy (non-hydrogen) atoms. The molecule has 0 radical (unpaired) electrons. The molecule has 2 nitrogen and oxygen atoms in total. The van der Waals surface area contributed by atoms with Gasteiger partial charge < -0.3 is 9.32 Å². The van der Waals surface area contributed by atoms with E-state index in [0.29, 0.717) is 0 Å². The van der Waals surface area contributed by atoms with E-state index >= 15 is 0 Å². The maximum absolute atomic E-state index is 6.24. The summed E-state index contributed by atoms with van der Waals surface area (Å²) < 4.78 is 8.82. The molecule has 0 unspecified atom stereocenters. The van der Waals surface area contributed by atoms with E-state index in [2.05, 4.69) is 193 Å². The van der Waals surface area contributed by atoms with Gasteiger partial charge in [0.15, 0.2) is 0 Å². The molecule has 0 atom stereocenters. The third-order valence-corrected chi connectivity index (χ3v) is 12.0. The number of thiophene rings is 1. The molecule has 2 heterocycles. The Balaban J connectivity index is 1.01. The maximum atomic E-state index is 6.24. The largest absolute Gasteiger partial charge is 0.456 e. The molecular weight excluding hydrogens is 687 g/mol. The predicted molar refractivity (Wildman–Crippen MR) is 235 cm³/mol. The summed E-state index contributed by atoms with van der Waals surface area (Å²) in [6.07, 6.45) is 0. The average molecular weight is 720 g/mol. The van der Waals surface area contributed by atoms with Crippen LogP contribution in [0.1, 0.15) is 0 Å². The van der Waals surface area contributed by atoms with Crippen molar-refractivity contribution < 1.29 is 4.42 Å². The van der Waals surface area contributed by atoms with Crippen LogP contribution in [0.15, 0.2) is 205 Å². The molecule has 0 aliphatic carbocycles. The number of hydrogen-bond acceptors (Lipinski definition) is 3. The fourth-order valence-electron chi connectivity index (χ4n) is 8.18. The van der Waals surface area contributed by atoms with Gasteiger partial charge in [0.05, 0.1) is 0 Å². The van der Waals surface area contributed by atoms with Gasteiger partial charge in [-0.3, -0.25) is 0 Å². The first-order valence-electron chi connectivity index (χ1n) is 18.7. The Bertz CT molecular complexity index is 3220. The molecular formula is C52H33NOS. The van der Waals surface area contributed by atoms with Crippen LogP contribution >= 0.6 is 11.3 Å². The molecule has 0 saturated carbocycles. The van der Waals surface area contributed by atoms with Gasteiger partial charge in [0.2, 0.25) is 0 Å². The second-order valence-corrected chi connectivity index (χ2v) is 15.2. The Hall–Kier alpha value is -6.94. The molecule has 258 valence electrons. The zero-order valence-electron chi connectivity index (χ0n) is 29.8. The summed E-state index contributed by atoms with van der Waals surface area (Å²) >= 11 is 1.85. The number of hydrogen-bond donors (Lipinski definition) is 0. The van der Waals surface area contributed by atoms with E-state index in [1.165, 1.54) is 53.2 Å². The van der Waals surface area contributed by atoms with Gasteiger partial charge in [-0.25, -0.2) is 0 Å². The molecule has 3 heteroatoms. The highest BCUT2D eigenvalue weighted by molar-refractivity contribution is 7.25. The second-order valence-electron chi connectivity index (χ2n) is 14.1. The van der Waals surface area contributed by atoms with Crippen LogP contribution < -0.4 is 4.90 Å². The third-order valence-electron chi connectivity index (χ3n) is 10.9. The van der Waals surface area contributed by atoms with E-state index in [-0.39, 0.29) is 0 Å². The van der Waals surface area contributed by atoms with Crippen LogP contribution in [0.3, 0.4) is 0 Å². The quantitative estimate of drug-likeness (QED) is 0.170. The first-order chi connectivity index (χ1) is 27.2. The van der Waals surface area contributed by atoms with Gasteiger partial charge in [0, 0.05) is 48.0 Å². The lowest BCUT2D eigenvalue weighted by Crippen LogP contribution is -2.09. The molecule has 2 aromatic heterocycles. The summed E-state index contributed by atoms with van der Waals surface area (Å²) in [5.74, 6) is 0. The maximum Gasteiger partial charge on any atom is 0.136 e. The SMILES string of the molecule is c1cc(-c2cccc(N(c3ccc(-c4ccc5c(c4)oc4ccccc45)cc3)c3ccc4c(c3)sc3ccccc34)c2)cc(-c2cccc3ccccc23)c1. The zero-order chi connectivity index (χ0) is 36.3. The lowest BCUT2D eigenvalue weighted by molar-refractivity contribution is 0.669. The van der Waals surface area contributed by atoms with Crippen LogP contribution in [0.4, 0.5) is 17.1 Å². The number of rotatable bonds is 6. The molecule has 9 aromatic carbocycles. The Labute approximate surface area is 322 Å². The first-order valence-corrected chi connectivity index (χ1v) is 19.5. The molecule has 0 saturated heterocycles. The number of benzene rings is 9. The van der Waals surface area contributed by atoms with Crippen LogP contribution in [-0.4, -0.2) is 0 Å². The summed E-state index contributed by atoms with van der Waals surface area (Å²) in [6.45, 7) is 0. The van der Waals surface area contributed by atoms with Gasteiger partial charge in [-0.05, 0) is 111 Å². The Kier molecular flexibility index (Phi) is 7.39. The van der Waals surface area contributed by atoms with Crippen molar-refractivity contribution in [1.29, 1.82) is 0 Å². The minimum atomic E-state index is 0.905. The number of nitrogens with zero attached hydrogens (tertiary/aromatic N) is 1. The standard InChI is InChI=1S/C52H33NOS/c1-2-16-43-35(10-1)11-9-19-44(43)39-14-7-12-36(30-39)37-13-8-15-41(31-37)53(42-27-29-48-47-18-4-6-21-51(47)55-52(48)33-42)40-25-22-34(23-26-40)38-24-28-46-45-17-3-5-20-49(45)54-50(46)32-38/h1-33H. The van der Waals surface area contributed by atoms with Gasteiger partial charge >= 0.3 is 0 Å². The van der Waals surface area contributed by atoms with Crippen molar-refractivity contribution in [3.8, 4) is 33.4 Å². The van der Waals surface area contributed by atoms with Gasteiger partial charge in [-0.1, -0.05) is 133 Å². The normalized spacial score (nSPS) is 11.6. The highest BCUT2D eigenvalue weighted by atomic mass is 32.1. The van der Waals surface area contributed by atoms with Crippen LogP contribution in [0.2, 0.25) is 0 Å². The van der Waals surface area contributed by atoms with E-state index in [9.17, 15) is 0 Å². The lowest BCUT2D eigenvalue weighted by atomic mass is 9.95. The van der Waals surface area contributed by atoms with Gasteiger partial charge in [0.1, 0.15) is 11.2 Å². The third kappa shape index (κ3) is 5.48. The van der Waals surface area contributed by atoms with Crippen molar-refractivity contribution in [3.05, 3.63) is 200 Å². The van der Waals surface area contributed by atoms with Crippen molar-refractivity contribution in [2.24, 2.45) is 0 Å². The Morgan fingerprint density at radius 1 is 0.327 bits per heavy atom. The average Bonchev–Trinajstić information content (AvgIpc) is 3.82. The van der Waals surface area contributed by atoms with Crippen LogP contribution in [0.25, 0.3) is 86.3 Å². The minimum absolute atomic E-state index is 0.905. The smallest absolute Gasteiger partial charge is 0.136 e. The summed E-state index contributed by atoms with van der Waals surface area (Å²) in [5, 5.41) is 7.40. The molecule has 0 amide bonds. The molecule has 0 aliphatic rings. The van der Waals surface area contributed by atoms with Crippen molar-refractivity contribution >= 4 is 81.3 Å². The van der Waals surface area contributed by atoms with Gasteiger partial charge in [-0.15, -0.1) is 11.3 Å². The first kappa shape index (κ1) is 31.6. The summed E-state index contributed by atoms with van der Waals surface area (Å²) in [6, 6.07) is 72.3. The number of fused-ring (bicyclic) bond motifs is 7. The highest BCUT2D eigenvalue weighted by Gasteiger charge is 2.17.